The Morgan fingerprint density at radius 3 is 2.11 bits per heavy atom. The lowest BCUT2D eigenvalue weighted by molar-refractivity contribution is 0.102. The summed E-state index contributed by atoms with van der Waals surface area (Å²) in [4.78, 5) is 12.6. The van der Waals surface area contributed by atoms with Crippen LogP contribution in [0, 0.1) is 13.8 Å². The molecule has 2 N–H and O–H groups in total. The topological polar surface area (TPSA) is 75.3 Å². The van der Waals surface area contributed by atoms with E-state index in [0.29, 0.717) is 22.0 Å². The van der Waals surface area contributed by atoms with Crippen LogP contribution in [0.3, 0.4) is 0 Å². The molecular formula is C21H19ClN2O3S. The van der Waals surface area contributed by atoms with Gasteiger partial charge < -0.3 is 5.32 Å². The Hall–Kier alpha value is -2.83. The first-order valence-corrected chi connectivity index (χ1v) is 10.4. The molecule has 5 nitrogen and oxygen atoms in total. The molecule has 0 saturated heterocycles. The number of sulfonamides is 1. The average Bonchev–Trinajstić information content (AvgIpc) is 2.66. The first-order chi connectivity index (χ1) is 13.2. The maximum atomic E-state index is 12.5. The SMILES string of the molecule is Cc1ccc(C)c(C(=O)Nc2ccc(S(=O)(=O)Nc3ccc(Cl)cc3)cc2)c1. The van der Waals surface area contributed by atoms with Crippen LogP contribution in [0.4, 0.5) is 11.4 Å². The number of hydrogen-bond acceptors (Lipinski definition) is 3. The third-order valence-corrected chi connectivity index (χ3v) is 5.81. The smallest absolute Gasteiger partial charge is 0.261 e. The number of hydrogen-bond donors (Lipinski definition) is 2. The second-order valence-electron chi connectivity index (χ2n) is 6.41. The molecular weight excluding hydrogens is 396 g/mol. The monoisotopic (exact) mass is 414 g/mol. The highest BCUT2D eigenvalue weighted by atomic mass is 35.5. The van der Waals surface area contributed by atoms with Gasteiger partial charge in [0.2, 0.25) is 0 Å². The Labute approximate surface area is 169 Å². The molecule has 0 aliphatic carbocycles. The van der Waals surface area contributed by atoms with Crippen molar-refractivity contribution in [3.8, 4) is 0 Å². The largest absolute Gasteiger partial charge is 0.322 e. The van der Waals surface area contributed by atoms with Crippen LogP contribution < -0.4 is 10.0 Å². The Bertz CT molecular complexity index is 1110. The minimum absolute atomic E-state index is 0.0900. The zero-order valence-corrected chi connectivity index (χ0v) is 16.9. The molecule has 0 spiro atoms. The van der Waals surface area contributed by atoms with Crippen molar-refractivity contribution in [1.82, 2.24) is 0 Å². The fourth-order valence-electron chi connectivity index (χ4n) is 2.63. The van der Waals surface area contributed by atoms with Gasteiger partial charge in [-0.3, -0.25) is 9.52 Å². The molecule has 0 radical (unpaired) electrons. The van der Waals surface area contributed by atoms with Crippen molar-refractivity contribution in [2.45, 2.75) is 18.7 Å². The first kappa shape index (κ1) is 19.9. The van der Waals surface area contributed by atoms with Gasteiger partial charge >= 0.3 is 0 Å². The second-order valence-corrected chi connectivity index (χ2v) is 8.53. The molecule has 0 heterocycles. The van der Waals surface area contributed by atoms with Gasteiger partial charge in [-0.1, -0.05) is 29.3 Å². The summed E-state index contributed by atoms with van der Waals surface area (Å²) in [7, 11) is -3.74. The summed E-state index contributed by atoms with van der Waals surface area (Å²) in [5.74, 6) is -0.240. The number of carbonyl (C=O) groups is 1. The Balaban J connectivity index is 1.74. The predicted octanol–water partition coefficient (Wildman–Crippen LogP) is 5.01. The maximum absolute atomic E-state index is 12.5. The lowest BCUT2D eigenvalue weighted by atomic mass is 10.1. The fourth-order valence-corrected chi connectivity index (χ4v) is 3.81. The van der Waals surface area contributed by atoms with E-state index in [0.717, 1.165) is 11.1 Å². The third-order valence-electron chi connectivity index (χ3n) is 4.16. The van der Waals surface area contributed by atoms with E-state index in [1.165, 1.54) is 12.1 Å². The molecule has 0 aromatic heterocycles. The summed E-state index contributed by atoms with van der Waals surface area (Å²) in [5, 5.41) is 3.31. The van der Waals surface area contributed by atoms with E-state index in [1.54, 1.807) is 36.4 Å². The lowest BCUT2D eigenvalue weighted by Crippen LogP contribution is -2.15. The molecule has 3 aromatic carbocycles. The van der Waals surface area contributed by atoms with E-state index in [4.69, 9.17) is 11.6 Å². The quantitative estimate of drug-likeness (QED) is 0.616. The molecule has 0 atom stereocenters. The van der Waals surface area contributed by atoms with Gasteiger partial charge in [-0.2, -0.15) is 0 Å². The van der Waals surface area contributed by atoms with Gasteiger partial charge in [0.05, 0.1) is 4.90 Å². The molecule has 0 unspecified atom stereocenters. The van der Waals surface area contributed by atoms with Crippen LogP contribution in [0.2, 0.25) is 5.02 Å². The maximum Gasteiger partial charge on any atom is 0.261 e. The Morgan fingerprint density at radius 2 is 1.46 bits per heavy atom. The van der Waals surface area contributed by atoms with E-state index < -0.39 is 10.0 Å². The summed E-state index contributed by atoms with van der Waals surface area (Å²) in [6.45, 7) is 3.79. The van der Waals surface area contributed by atoms with Crippen molar-refractivity contribution in [1.29, 1.82) is 0 Å². The van der Waals surface area contributed by atoms with Crippen LogP contribution in [-0.4, -0.2) is 14.3 Å². The third kappa shape index (κ3) is 4.71. The van der Waals surface area contributed by atoms with Crippen LogP contribution in [0.1, 0.15) is 21.5 Å². The highest BCUT2D eigenvalue weighted by molar-refractivity contribution is 7.92. The van der Waals surface area contributed by atoms with E-state index in [-0.39, 0.29) is 10.8 Å². The van der Waals surface area contributed by atoms with Gasteiger partial charge in [-0.05, 0) is 74.0 Å². The van der Waals surface area contributed by atoms with Gasteiger partial charge in [-0.25, -0.2) is 8.42 Å². The highest BCUT2D eigenvalue weighted by Gasteiger charge is 2.15. The van der Waals surface area contributed by atoms with Crippen molar-refractivity contribution in [2.75, 3.05) is 10.0 Å². The highest BCUT2D eigenvalue weighted by Crippen LogP contribution is 2.20. The molecule has 0 bridgehead atoms. The van der Waals surface area contributed by atoms with E-state index in [9.17, 15) is 13.2 Å². The zero-order valence-electron chi connectivity index (χ0n) is 15.4. The van der Waals surface area contributed by atoms with Crippen molar-refractivity contribution in [3.63, 3.8) is 0 Å². The van der Waals surface area contributed by atoms with Gasteiger partial charge in [-0.15, -0.1) is 0 Å². The molecule has 144 valence electrons. The number of amides is 1. The molecule has 0 saturated carbocycles. The van der Waals surface area contributed by atoms with Crippen LogP contribution in [0.25, 0.3) is 0 Å². The standard InChI is InChI=1S/C21H19ClN2O3S/c1-14-3-4-15(2)20(13-14)21(25)23-17-9-11-19(12-10-17)28(26,27)24-18-7-5-16(22)6-8-18/h3-13,24H,1-2H3,(H,23,25). The predicted molar refractivity (Wildman–Crippen MR) is 113 cm³/mol. The molecule has 3 rings (SSSR count). The number of anilines is 2. The summed E-state index contributed by atoms with van der Waals surface area (Å²) < 4.78 is 27.5. The summed E-state index contributed by atoms with van der Waals surface area (Å²) in [5.41, 5.74) is 3.37. The van der Waals surface area contributed by atoms with E-state index in [1.807, 2.05) is 32.0 Å². The van der Waals surface area contributed by atoms with Crippen LogP contribution >= 0.6 is 11.6 Å². The Morgan fingerprint density at radius 1 is 0.857 bits per heavy atom. The molecule has 0 aliphatic rings. The number of aryl methyl sites for hydroxylation is 2. The zero-order chi connectivity index (χ0) is 20.3. The van der Waals surface area contributed by atoms with Crippen molar-refractivity contribution < 1.29 is 13.2 Å². The molecule has 28 heavy (non-hydrogen) atoms. The number of halogens is 1. The molecule has 1 amide bonds. The molecule has 0 fully saturated rings. The Kier molecular flexibility index (Phi) is 5.72. The number of nitrogens with one attached hydrogen (secondary N) is 2. The normalized spacial score (nSPS) is 11.1. The van der Waals surface area contributed by atoms with E-state index in [2.05, 4.69) is 10.0 Å². The minimum atomic E-state index is -3.74. The number of carbonyl (C=O) groups excluding carboxylic acids is 1. The summed E-state index contributed by atoms with van der Waals surface area (Å²) in [6.07, 6.45) is 0. The van der Waals surface area contributed by atoms with E-state index >= 15 is 0 Å². The summed E-state index contributed by atoms with van der Waals surface area (Å²) in [6, 6.07) is 18.0. The molecule has 3 aromatic rings. The van der Waals surface area contributed by atoms with Crippen LogP contribution in [0.15, 0.2) is 71.6 Å². The number of benzene rings is 3. The first-order valence-electron chi connectivity index (χ1n) is 8.52. The number of rotatable bonds is 5. The lowest BCUT2D eigenvalue weighted by Gasteiger charge is -2.11. The molecule has 7 heteroatoms. The van der Waals surface area contributed by atoms with Gasteiger partial charge in [0.1, 0.15) is 0 Å². The van der Waals surface area contributed by atoms with Gasteiger partial charge in [0.25, 0.3) is 15.9 Å². The van der Waals surface area contributed by atoms with Crippen molar-refractivity contribution in [3.05, 3.63) is 88.4 Å². The van der Waals surface area contributed by atoms with Crippen LogP contribution in [-0.2, 0) is 10.0 Å². The van der Waals surface area contributed by atoms with Crippen molar-refractivity contribution >= 4 is 38.9 Å². The minimum Gasteiger partial charge on any atom is -0.322 e. The average molecular weight is 415 g/mol. The van der Waals surface area contributed by atoms with Gasteiger partial charge in [0, 0.05) is 22.0 Å². The summed E-state index contributed by atoms with van der Waals surface area (Å²) >= 11 is 5.81. The fraction of sp³-hybridized carbons (Fsp3) is 0.0952. The second kappa shape index (κ2) is 8.04. The van der Waals surface area contributed by atoms with Gasteiger partial charge in [0.15, 0.2) is 0 Å². The van der Waals surface area contributed by atoms with Crippen LogP contribution in [0.5, 0.6) is 0 Å². The molecule has 0 aliphatic heterocycles. The van der Waals surface area contributed by atoms with Crippen molar-refractivity contribution in [2.24, 2.45) is 0 Å².